The minimum Gasteiger partial charge on any atom is -0.380 e. The van der Waals surface area contributed by atoms with Gasteiger partial charge < -0.3 is 5.32 Å². The molecule has 98 valence electrons. The molecule has 1 saturated heterocycles. The molecule has 18 heavy (non-hydrogen) atoms. The van der Waals surface area contributed by atoms with E-state index in [1.807, 2.05) is 11.8 Å². The molecule has 0 radical (unpaired) electrons. The molecule has 1 N–H and O–H groups in total. The first-order valence-electron chi connectivity index (χ1n) is 5.55. The summed E-state index contributed by atoms with van der Waals surface area (Å²) < 4.78 is 0. The van der Waals surface area contributed by atoms with Crippen LogP contribution in [0.2, 0.25) is 10.0 Å². The molecule has 1 aliphatic heterocycles. The van der Waals surface area contributed by atoms with E-state index in [4.69, 9.17) is 23.2 Å². The number of nitro groups is 1. The molecule has 0 amide bonds. The maximum Gasteiger partial charge on any atom is 0.272 e. The largest absolute Gasteiger partial charge is 0.380 e. The summed E-state index contributed by atoms with van der Waals surface area (Å²) in [5, 5.41) is 14.6. The van der Waals surface area contributed by atoms with Crippen LogP contribution in [-0.2, 0) is 0 Å². The van der Waals surface area contributed by atoms with Gasteiger partial charge in [0.2, 0.25) is 0 Å². The Kier molecular flexibility index (Phi) is 4.59. The average Bonchev–Trinajstić information content (AvgIpc) is 2.34. The standard InChI is InChI=1S/C11H12Cl2N2O2S/c12-9-5-8(15(16)17)6-10(13)11(9)14-7-1-3-18-4-2-7/h5-7,14H,1-4H2. The monoisotopic (exact) mass is 306 g/mol. The molecule has 4 nitrogen and oxygen atoms in total. The van der Waals surface area contributed by atoms with Crippen LogP contribution >= 0.6 is 35.0 Å². The number of benzene rings is 1. The van der Waals surface area contributed by atoms with Crippen molar-refractivity contribution in [3.63, 3.8) is 0 Å². The molecular formula is C11H12Cl2N2O2S. The molecule has 1 aliphatic rings. The minimum absolute atomic E-state index is 0.0882. The van der Waals surface area contributed by atoms with Gasteiger partial charge in [0, 0.05) is 18.2 Å². The van der Waals surface area contributed by atoms with Gasteiger partial charge in [-0.15, -0.1) is 0 Å². The SMILES string of the molecule is O=[N+]([O-])c1cc(Cl)c(NC2CCSCC2)c(Cl)c1. The van der Waals surface area contributed by atoms with Crippen molar-refractivity contribution in [1.82, 2.24) is 0 Å². The van der Waals surface area contributed by atoms with Crippen molar-refractivity contribution in [2.75, 3.05) is 16.8 Å². The van der Waals surface area contributed by atoms with Gasteiger partial charge in [0.1, 0.15) is 0 Å². The van der Waals surface area contributed by atoms with Crippen LogP contribution in [0.5, 0.6) is 0 Å². The lowest BCUT2D eigenvalue weighted by atomic mass is 10.1. The molecule has 0 atom stereocenters. The molecule has 1 aromatic rings. The van der Waals surface area contributed by atoms with E-state index in [2.05, 4.69) is 5.32 Å². The van der Waals surface area contributed by atoms with E-state index >= 15 is 0 Å². The number of nitrogens with zero attached hydrogens (tertiary/aromatic N) is 1. The first kappa shape index (κ1) is 13.8. The fourth-order valence-corrected chi connectivity index (χ4v) is 3.54. The lowest BCUT2D eigenvalue weighted by Crippen LogP contribution is -2.24. The number of halogens is 2. The molecule has 1 fully saturated rings. The van der Waals surface area contributed by atoms with Crippen molar-refractivity contribution in [2.45, 2.75) is 18.9 Å². The number of rotatable bonds is 3. The number of anilines is 1. The highest BCUT2D eigenvalue weighted by Gasteiger charge is 2.19. The Bertz CT molecular complexity index is 441. The third-order valence-electron chi connectivity index (χ3n) is 2.81. The second-order valence-electron chi connectivity index (χ2n) is 4.07. The number of nitro benzene ring substituents is 1. The molecule has 0 spiro atoms. The Morgan fingerprint density at radius 3 is 2.33 bits per heavy atom. The van der Waals surface area contributed by atoms with Crippen LogP contribution in [0, 0.1) is 10.1 Å². The van der Waals surface area contributed by atoms with Gasteiger partial charge in [0.05, 0.1) is 20.7 Å². The van der Waals surface area contributed by atoms with Gasteiger partial charge in [-0.2, -0.15) is 11.8 Å². The molecule has 1 heterocycles. The van der Waals surface area contributed by atoms with Crippen molar-refractivity contribution in [3.05, 3.63) is 32.3 Å². The first-order chi connectivity index (χ1) is 8.58. The third kappa shape index (κ3) is 3.22. The van der Waals surface area contributed by atoms with Crippen LogP contribution in [0.1, 0.15) is 12.8 Å². The fourth-order valence-electron chi connectivity index (χ4n) is 1.85. The summed E-state index contributed by atoms with van der Waals surface area (Å²) in [6.07, 6.45) is 2.10. The van der Waals surface area contributed by atoms with Crippen LogP contribution in [0.25, 0.3) is 0 Å². The molecule has 1 aromatic carbocycles. The lowest BCUT2D eigenvalue weighted by molar-refractivity contribution is -0.384. The van der Waals surface area contributed by atoms with E-state index in [0.29, 0.717) is 21.8 Å². The summed E-state index contributed by atoms with van der Waals surface area (Å²) in [5.41, 5.74) is 0.510. The zero-order valence-electron chi connectivity index (χ0n) is 9.49. The molecule has 0 saturated carbocycles. The Morgan fingerprint density at radius 2 is 1.83 bits per heavy atom. The number of thioether (sulfide) groups is 1. The Balaban J connectivity index is 2.19. The lowest BCUT2D eigenvalue weighted by Gasteiger charge is -2.24. The summed E-state index contributed by atoms with van der Waals surface area (Å²) in [6, 6.07) is 2.99. The number of nitrogens with one attached hydrogen (secondary N) is 1. The maximum atomic E-state index is 10.7. The van der Waals surface area contributed by atoms with Gasteiger partial charge in [0.15, 0.2) is 0 Å². The maximum absolute atomic E-state index is 10.7. The van der Waals surface area contributed by atoms with Crippen molar-refractivity contribution >= 4 is 46.3 Å². The van der Waals surface area contributed by atoms with Crippen LogP contribution < -0.4 is 5.32 Å². The number of hydrogen-bond donors (Lipinski definition) is 1. The van der Waals surface area contributed by atoms with Crippen molar-refractivity contribution in [1.29, 1.82) is 0 Å². The molecule has 7 heteroatoms. The quantitative estimate of drug-likeness (QED) is 0.671. The van der Waals surface area contributed by atoms with E-state index < -0.39 is 4.92 Å². The Labute approximate surface area is 119 Å². The fraction of sp³-hybridized carbons (Fsp3) is 0.455. The third-order valence-corrected chi connectivity index (χ3v) is 4.45. The topological polar surface area (TPSA) is 55.2 Å². The predicted molar refractivity (Wildman–Crippen MR) is 77.1 cm³/mol. The van der Waals surface area contributed by atoms with Gasteiger partial charge in [-0.05, 0) is 24.3 Å². The van der Waals surface area contributed by atoms with Crippen LogP contribution in [0.4, 0.5) is 11.4 Å². The van der Waals surface area contributed by atoms with Gasteiger partial charge in [-0.3, -0.25) is 10.1 Å². The summed E-state index contributed by atoms with van der Waals surface area (Å²) in [7, 11) is 0. The molecule has 0 bridgehead atoms. The molecule has 0 aromatic heterocycles. The van der Waals surface area contributed by atoms with E-state index in [0.717, 1.165) is 24.3 Å². The van der Waals surface area contributed by atoms with E-state index in [9.17, 15) is 10.1 Å². The summed E-state index contributed by atoms with van der Waals surface area (Å²) >= 11 is 14.0. The predicted octanol–water partition coefficient (Wildman–Crippen LogP) is 4.21. The minimum atomic E-state index is -0.501. The first-order valence-corrected chi connectivity index (χ1v) is 7.46. The second-order valence-corrected chi connectivity index (χ2v) is 6.11. The zero-order valence-corrected chi connectivity index (χ0v) is 11.8. The summed E-state index contributed by atoms with van der Waals surface area (Å²) in [4.78, 5) is 10.2. The Morgan fingerprint density at radius 1 is 1.28 bits per heavy atom. The average molecular weight is 307 g/mol. The molecule has 0 unspecified atom stereocenters. The van der Waals surface area contributed by atoms with Crippen LogP contribution in [0.3, 0.4) is 0 Å². The van der Waals surface area contributed by atoms with Crippen molar-refractivity contribution < 1.29 is 4.92 Å². The smallest absolute Gasteiger partial charge is 0.272 e. The highest BCUT2D eigenvalue weighted by molar-refractivity contribution is 7.99. The molecular weight excluding hydrogens is 295 g/mol. The molecule has 0 aliphatic carbocycles. The van der Waals surface area contributed by atoms with E-state index in [1.165, 1.54) is 12.1 Å². The van der Waals surface area contributed by atoms with E-state index in [1.54, 1.807) is 0 Å². The molecule has 2 rings (SSSR count). The van der Waals surface area contributed by atoms with Crippen LogP contribution in [0.15, 0.2) is 12.1 Å². The van der Waals surface area contributed by atoms with Gasteiger partial charge >= 0.3 is 0 Å². The van der Waals surface area contributed by atoms with Crippen LogP contribution in [-0.4, -0.2) is 22.5 Å². The van der Waals surface area contributed by atoms with Gasteiger partial charge in [-0.25, -0.2) is 0 Å². The summed E-state index contributed by atoms with van der Waals surface area (Å²) in [6.45, 7) is 0. The highest BCUT2D eigenvalue weighted by atomic mass is 35.5. The van der Waals surface area contributed by atoms with Crippen molar-refractivity contribution in [3.8, 4) is 0 Å². The second kappa shape index (κ2) is 5.99. The number of non-ortho nitro benzene ring substituents is 1. The van der Waals surface area contributed by atoms with Gasteiger partial charge in [0.25, 0.3) is 5.69 Å². The van der Waals surface area contributed by atoms with E-state index in [-0.39, 0.29) is 5.69 Å². The number of hydrogen-bond acceptors (Lipinski definition) is 4. The summed E-state index contributed by atoms with van der Waals surface area (Å²) in [5.74, 6) is 2.22. The highest BCUT2D eigenvalue weighted by Crippen LogP contribution is 2.36. The van der Waals surface area contributed by atoms with Crippen molar-refractivity contribution in [2.24, 2.45) is 0 Å². The normalized spacial score (nSPS) is 16.6. The zero-order chi connectivity index (χ0) is 13.1. The Hall–Kier alpha value is -0.650. The van der Waals surface area contributed by atoms with Gasteiger partial charge in [-0.1, -0.05) is 23.2 Å².